The molecule has 0 radical (unpaired) electrons. The Hall–Kier alpha value is -2.16. The molecule has 0 aliphatic carbocycles. The van der Waals surface area contributed by atoms with E-state index in [-0.39, 0.29) is 12.0 Å². The van der Waals surface area contributed by atoms with E-state index < -0.39 is 0 Å². The number of ether oxygens (including phenoxy) is 1. The average molecular weight is 286 g/mol. The van der Waals surface area contributed by atoms with Crippen LogP contribution >= 0.6 is 11.3 Å². The van der Waals surface area contributed by atoms with Gasteiger partial charge in [-0.2, -0.15) is 16.6 Å². The number of rotatable bonds is 5. The van der Waals surface area contributed by atoms with E-state index in [1.54, 1.807) is 42.7 Å². The van der Waals surface area contributed by atoms with Crippen LogP contribution in [0.1, 0.15) is 27.6 Å². The van der Waals surface area contributed by atoms with Gasteiger partial charge in [-0.1, -0.05) is 6.07 Å². The van der Waals surface area contributed by atoms with Gasteiger partial charge in [-0.3, -0.25) is 4.79 Å². The van der Waals surface area contributed by atoms with Gasteiger partial charge in [0.25, 0.3) is 5.91 Å². The largest absolute Gasteiger partial charge is 0.375 e. The second-order valence-electron chi connectivity index (χ2n) is 4.18. The standard InChI is InChI=1S/C15H14N2O2S/c1-19-14(13-5-6-20-10-13)9-17-15(18)12-4-2-3-11(7-12)8-16/h2-7,10,14H,9H2,1H3,(H,17,18). The second-order valence-corrected chi connectivity index (χ2v) is 4.96. The minimum Gasteiger partial charge on any atom is -0.375 e. The Kier molecular flexibility index (Phi) is 4.88. The number of carbonyl (C=O) groups is 1. The van der Waals surface area contributed by atoms with E-state index >= 15 is 0 Å². The van der Waals surface area contributed by atoms with E-state index in [0.29, 0.717) is 17.7 Å². The van der Waals surface area contributed by atoms with Crippen molar-refractivity contribution >= 4 is 17.2 Å². The Labute approximate surface area is 121 Å². The molecule has 20 heavy (non-hydrogen) atoms. The molecule has 0 aliphatic rings. The van der Waals surface area contributed by atoms with Gasteiger partial charge < -0.3 is 10.1 Å². The summed E-state index contributed by atoms with van der Waals surface area (Å²) in [6.07, 6.45) is -0.163. The first kappa shape index (κ1) is 14.3. The summed E-state index contributed by atoms with van der Waals surface area (Å²) in [5.41, 5.74) is 1.99. The maximum Gasteiger partial charge on any atom is 0.251 e. The number of nitrogens with one attached hydrogen (secondary N) is 1. The monoisotopic (exact) mass is 286 g/mol. The van der Waals surface area contributed by atoms with E-state index in [0.717, 1.165) is 5.56 Å². The van der Waals surface area contributed by atoms with Crippen molar-refractivity contribution in [3.63, 3.8) is 0 Å². The van der Waals surface area contributed by atoms with E-state index in [4.69, 9.17) is 10.00 Å². The molecule has 1 atom stereocenters. The van der Waals surface area contributed by atoms with Gasteiger partial charge in [0, 0.05) is 19.2 Å². The van der Waals surface area contributed by atoms with Crippen LogP contribution in [0.15, 0.2) is 41.1 Å². The average Bonchev–Trinajstić information content (AvgIpc) is 3.02. The van der Waals surface area contributed by atoms with Gasteiger partial charge in [0.2, 0.25) is 0 Å². The summed E-state index contributed by atoms with van der Waals surface area (Å²) in [5.74, 6) is -0.209. The summed E-state index contributed by atoms with van der Waals surface area (Å²) in [4.78, 5) is 12.0. The van der Waals surface area contributed by atoms with Crippen molar-refractivity contribution in [2.45, 2.75) is 6.10 Å². The molecule has 1 heterocycles. The Morgan fingerprint density at radius 2 is 2.35 bits per heavy atom. The zero-order chi connectivity index (χ0) is 14.4. The molecular weight excluding hydrogens is 272 g/mol. The highest BCUT2D eigenvalue weighted by atomic mass is 32.1. The van der Waals surface area contributed by atoms with Crippen LogP contribution in [0.2, 0.25) is 0 Å². The number of amides is 1. The van der Waals surface area contributed by atoms with Crippen molar-refractivity contribution in [3.8, 4) is 6.07 Å². The van der Waals surface area contributed by atoms with Crippen LogP contribution in [0.5, 0.6) is 0 Å². The molecule has 0 spiro atoms. The second kappa shape index (κ2) is 6.85. The van der Waals surface area contributed by atoms with E-state index in [1.807, 2.05) is 22.9 Å². The number of thiophene rings is 1. The SMILES string of the molecule is COC(CNC(=O)c1cccc(C#N)c1)c1ccsc1. The van der Waals surface area contributed by atoms with Crippen LogP contribution in [0.4, 0.5) is 0 Å². The normalized spacial score (nSPS) is 11.6. The van der Waals surface area contributed by atoms with Crippen LogP contribution in [0, 0.1) is 11.3 Å². The summed E-state index contributed by atoms with van der Waals surface area (Å²) in [6.45, 7) is 0.392. The summed E-state index contributed by atoms with van der Waals surface area (Å²) in [5, 5.41) is 15.6. The van der Waals surface area contributed by atoms with Gasteiger partial charge >= 0.3 is 0 Å². The molecular formula is C15H14N2O2S. The number of nitrogens with zero attached hydrogens (tertiary/aromatic N) is 1. The van der Waals surface area contributed by atoms with Gasteiger partial charge in [-0.15, -0.1) is 0 Å². The molecule has 0 aliphatic heterocycles. The minimum atomic E-state index is -0.209. The smallest absolute Gasteiger partial charge is 0.251 e. The molecule has 2 aromatic rings. The van der Waals surface area contributed by atoms with Crippen LogP contribution in [-0.4, -0.2) is 19.6 Å². The van der Waals surface area contributed by atoms with Crippen molar-refractivity contribution in [2.75, 3.05) is 13.7 Å². The molecule has 1 N–H and O–H groups in total. The Balaban J connectivity index is 1.99. The third kappa shape index (κ3) is 3.44. The molecule has 0 saturated heterocycles. The van der Waals surface area contributed by atoms with Crippen molar-refractivity contribution in [2.24, 2.45) is 0 Å². The van der Waals surface area contributed by atoms with Crippen molar-refractivity contribution in [1.29, 1.82) is 5.26 Å². The minimum absolute atomic E-state index is 0.163. The van der Waals surface area contributed by atoms with Gasteiger partial charge in [-0.25, -0.2) is 0 Å². The zero-order valence-corrected chi connectivity index (χ0v) is 11.8. The zero-order valence-electron chi connectivity index (χ0n) is 11.0. The Bertz CT molecular complexity index is 617. The topological polar surface area (TPSA) is 62.1 Å². The predicted molar refractivity (Wildman–Crippen MR) is 77.6 cm³/mol. The van der Waals surface area contributed by atoms with Crippen LogP contribution in [-0.2, 0) is 4.74 Å². The quantitative estimate of drug-likeness (QED) is 0.919. The molecule has 1 aromatic carbocycles. The van der Waals surface area contributed by atoms with Crippen LogP contribution < -0.4 is 5.32 Å². The summed E-state index contributed by atoms with van der Waals surface area (Å²) >= 11 is 1.59. The maximum atomic E-state index is 12.0. The van der Waals surface area contributed by atoms with Gasteiger partial charge in [0.1, 0.15) is 6.10 Å². The van der Waals surface area contributed by atoms with E-state index in [1.165, 1.54) is 0 Å². The molecule has 4 nitrogen and oxygen atoms in total. The highest BCUT2D eigenvalue weighted by Crippen LogP contribution is 2.18. The molecule has 0 bridgehead atoms. The summed E-state index contributed by atoms with van der Waals surface area (Å²) in [6, 6.07) is 10.6. The first-order chi connectivity index (χ1) is 9.74. The van der Waals surface area contributed by atoms with Gasteiger partial charge in [-0.05, 0) is 40.6 Å². The molecule has 1 unspecified atom stereocenters. The number of hydrogen-bond acceptors (Lipinski definition) is 4. The highest BCUT2D eigenvalue weighted by molar-refractivity contribution is 7.07. The third-order valence-electron chi connectivity index (χ3n) is 2.90. The third-order valence-corrected chi connectivity index (χ3v) is 3.60. The fraction of sp³-hybridized carbons (Fsp3) is 0.200. The Morgan fingerprint density at radius 1 is 1.50 bits per heavy atom. The van der Waals surface area contributed by atoms with Gasteiger partial charge in [0.05, 0.1) is 11.6 Å². The lowest BCUT2D eigenvalue weighted by atomic mass is 10.1. The first-order valence-corrected chi connectivity index (χ1v) is 7.02. The molecule has 5 heteroatoms. The lowest BCUT2D eigenvalue weighted by molar-refractivity contribution is 0.0829. The van der Waals surface area contributed by atoms with Crippen molar-refractivity contribution in [1.82, 2.24) is 5.32 Å². The fourth-order valence-corrected chi connectivity index (χ4v) is 2.51. The number of methoxy groups -OCH3 is 1. The summed E-state index contributed by atoms with van der Waals surface area (Å²) < 4.78 is 5.37. The number of nitriles is 1. The van der Waals surface area contributed by atoms with Crippen molar-refractivity contribution in [3.05, 3.63) is 57.8 Å². The summed E-state index contributed by atoms with van der Waals surface area (Å²) in [7, 11) is 1.62. The van der Waals surface area contributed by atoms with Crippen LogP contribution in [0.3, 0.4) is 0 Å². The molecule has 1 amide bonds. The first-order valence-electron chi connectivity index (χ1n) is 6.08. The fourth-order valence-electron chi connectivity index (χ4n) is 1.81. The number of hydrogen-bond donors (Lipinski definition) is 1. The molecule has 2 rings (SSSR count). The Morgan fingerprint density at radius 3 is 3.00 bits per heavy atom. The van der Waals surface area contributed by atoms with Gasteiger partial charge in [0.15, 0.2) is 0 Å². The van der Waals surface area contributed by atoms with Crippen molar-refractivity contribution < 1.29 is 9.53 Å². The van der Waals surface area contributed by atoms with E-state index in [2.05, 4.69) is 5.32 Å². The molecule has 102 valence electrons. The molecule has 1 aromatic heterocycles. The molecule has 0 saturated carbocycles. The lowest BCUT2D eigenvalue weighted by Gasteiger charge is -2.15. The lowest BCUT2D eigenvalue weighted by Crippen LogP contribution is -2.29. The maximum absolute atomic E-state index is 12.0. The predicted octanol–water partition coefficient (Wildman–Crippen LogP) is 2.74. The number of carbonyl (C=O) groups excluding carboxylic acids is 1. The van der Waals surface area contributed by atoms with Crippen LogP contribution in [0.25, 0.3) is 0 Å². The highest BCUT2D eigenvalue weighted by Gasteiger charge is 2.13. The molecule has 0 fully saturated rings. The van der Waals surface area contributed by atoms with E-state index in [9.17, 15) is 4.79 Å². The number of benzene rings is 1.